The Morgan fingerprint density at radius 2 is 2.47 bits per heavy atom. The fourth-order valence-corrected chi connectivity index (χ4v) is 2.43. The molecule has 1 aromatic heterocycles. The summed E-state index contributed by atoms with van der Waals surface area (Å²) in [6.07, 6.45) is 5.95. The summed E-state index contributed by atoms with van der Waals surface area (Å²) in [7, 11) is 0. The molecule has 5 nitrogen and oxygen atoms in total. The molecule has 1 saturated heterocycles. The molecular weight excluding hydrogens is 218 g/mol. The maximum atomic E-state index is 12.1. The third-order valence-corrected chi connectivity index (χ3v) is 3.31. The highest BCUT2D eigenvalue weighted by Gasteiger charge is 2.26. The van der Waals surface area contributed by atoms with Crippen molar-refractivity contribution in [2.24, 2.45) is 0 Å². The Labute approximate surface area is 101 Å². The van der Waals surface area contributed by atoms with Crippen molar-refractivity contribution in [1.29, 1.82) is 0 Å². The van der Waals surface area contributed by atoms with Crippen molar-refractivity contribution >= 4 is 5.91 Å². The highest BCUT2D eigenvalue weighted by Crippen LogP contribution is 2.20. The molecule has 1 fully saturated rings. The fourth-order valence-electron chi connectivity index (χ4n) is 2.43. The van der Waals surface area contributed by atoms with Crippen LogP contribution in [0.4, 0.5) is 0 Å². The number of aromatic nitrogens is 2. The van der Waals surface area contributed by atoms with Gasteiger partial charge in [-0.25, -0.2) is 0 Å². The van der Waals surface area contributed by atoms with Crippen LogP contribution in [0, 0.1) is 0 Å². The van der Waals surface area contributed by atoms with E-state index in [0.29, 0.717) is 12.8 Å². The van der Waals surface area contributed by atoms with Gasteiger partial charge in [0.1, 0.15) is 0 Å². The number of likely N-dealkylation sites (tertiary alicyclic amines) is 1. The third kappa shape index (κ3) is 3.06. The van der Waals surface area contributed by atoms with Gasteiger partial charge in [0.15, 0.2) is 0 Å². The Kier molecular flexibility index (Phi) is 4.14. The zero-order valence-electron chi connectivity index (χ0n) is 9.93. The van der Waals surface area contributed by atoms with Crippen molar-refractivity contribution in [2.45, 2.75) is 38.1 Å². The number of carbonyl (C=O) groups is 1. The maximum Gasteiger partial charge on any atom is 0.228 e. The number of rotatable bonds is 4. The lowest BCUT2D eigenvalue weighted by atomic mass is 9.99. The molecule has 1 aliphatic heterocycles. The van der Waals surface area contributed by atoms with E-state index >= 15 is 0 Å². The number of carbonyl (C=O) groups excluding carboxylic acids is 1. The van der Waals surface area contributed by atoms with Gasteiger partial charge in [0.05, 0.1) is 6.42 Å². The number of hydrogen-bond acceptors (Lipinski definition) is 3. The smallest absolute Gasteiger partial charge is 0.228 e. The van der Waals surface area contributed by atoms with Gasteiger partial charge in [-0.1, -0.05) is 0 Å². The fraction of sp³-hybridized carbons (Fsp3) is 0.667. The first-order valence-corrected chi connectivity index (χ1v) is 6.20. The van der Waals surface area contributed by atoms with Gasteiger partial charge in [-0.3, -0.25) is 9.89 Å². The summed E-state index contributed by atoms with van der Waals surface area (Å²) in [4.78, 5) is 14.1. The SMILES string of the molecule is O=C(Cc1ccn[nH]1)N1CCCCC1CCO. The Balaban J connectivity index is 1.96. The quantitative estimate of drug-likeness (QED) is 0.810. The zero-order valence-corrected chi connectivity index (χ0v) is 9.93. The van der Waals surface area contributed by atoms with Crippen LogP contribution in [0.3, 0.4) is 0 Å². The third-order valence-electron chi connectivity index (χ3n) is 3.31. The van der Waals surface area contributed by atoms with Gasteiger partial charge in [-0.15, -0.1) is 0 Å². The molecule has 17 heavy (non-hydrogen) atoms. The van der Waals surface area contributed by atoms with Crippen LogP contribution in [0.1, 0.15) is 31.4 Å². The van der Waals surface area contributed by atoms with Crippen molar-refractivity contribution in [1.82, 2.24) is 15.1 Å². The van der Waals surface area contributed by atoms with Crippen LogP contribution in [-0.4, -0.2) is 45.3 Å². The first kappa shape index (κ1) is 12.1. The van der Waals surface area contributed by atoms with E-state index < -0.39 is 0 Å². The Morgan fingerprint density at radius 1 is 1.59 bits per heavy atom. The molecule has 0 bridgehead atoms. The second-order valence-corrected chi connectivity index (χ2v) is 4.51. The van der Waals surface area contributed by atoms with E-state index in [9.17, 15) is 4.79 Å². The maximum absolute atomic E-state index is 12.1. The molecule has 0 saturated carbocycles. The van der Waals surface area contributed by atoms with Crippen LogP contribution in [0.15, 0.2) is 12.3 Å². The van der Waals surface area contributed by atoms with Crippen molar-refractivity contribution in [3.8, 4) is 0 Å². The number of nitrogens with one attached hydrogen (secondary N) is 1. The van der Waals surface area contributed by atoms with Crippen molar-refractivity contribution in [3.05, 3.63) is 18.0 Å². The summed E-state index contributed by atoms with van der Waals surface area (Å²) < 4.78 is 0. The van der Waals surface area contributed by atoms with E-state index in [2.05, 4.69) is 10.2 Å². The summed E-state index contributed by atoms with van der Waals surface area (Å²) in [5.41, 5.74) is 0.850. The number of nitrogens with zero attached hydrogens (tertiary/aromatic N) is 2. The second kappa shape index (κ2) is 5.82. The zero-order chi connectivity index (χ0) is 12.1. The monoisotopic (exact) mass is 237 g/mol. The molecule has 94 valence electrons. The summed E-state index contributed by atoms with van der Waals surface area (Å²) >= 11 is 0. The molecule has 2 heterocycles. The Hall–Kier alpha value is -1.36. The lowest BCUT2D eigenvalue weighted by molar-refractivity contribution is -0.134. The predicted molar refractivity (Wildman–Crippen MR) is 63.3 cm³/mol. The Morgan fingerprint density at radius 3 is 3.18 bits per heavy atom. The molecule has 0 radical (unpaired) electrons. The molecule has 1 aromatic rings. The average molecular weight is 237 g/mol. The first-order chi connectivity index (χ1) is 8.31. The molecular formula is C12H19N3O2. The second-order valence-electron chi connectivity index (χ2n) is 4.51. The number of amides is 1. The minimum absolute atomic E-state index is 0.132. The van der Waals surface area contributed by atoms with E-state index in [0.717, 1.165) is 31.5 Å². The summed E-state index contributed by atoms with van der Waals surface area (Å²) in [6.45, 7) is 0.968. The van der Waals surface area contributed by atoms with Crippen LogP contribution in [0.2, 0.25) is 0 Å². The molecule has 0 aliphatic carbocycles. The number of hydrogen-bond donors (Lipinski definition) is 2. The van der Waals surface area contributed by atoms with Gasteiger partial charge in [0, 0.05) is 31.1 Å². The molecule has 5 heteroatoms. The van der Waals surface area contributed by atoms with Crippen LogP contribution in [0.25, 0.3) is 0 Å². The van der Waals surface area contributed by atoms with E-state index in [4.69, 9.17) is 5.11 Å². The summed E-state index contributed by atoms with van der Waals surface area (Å²) in [5, 5.41) is 15.7. The van der Waals surface area contributed by atoms with Crippen LogP contribution in [0.5, 0.6) is 0 Å². The van der Waals surface area contributed by atoms with E-state index in [1.165, 1.54) is 0 Å². The van der Waals surface area contributed by atoms with Gasteiger partial charge in [-0.05, 0) is 31.7 Å². The van der Waals surface area contributed by atoms with Gasteiger partial charge in [0.25, 0.3) is 0 Å². The summed E-state index contributed by atoms with van der Waals surface area (Å²) in [6, 6.07) is 2.03. The van der Waals surface area contributed by atoms with Crippen molar-refractivity contribution in [3.63, 3.8) is 0 Å². The number of aromatic amines is 1. The molecule has 1 atom stereocenters. The number of aliphatic hydroxyl groups is 1. The lowest BCUT2D eigenvalue weighted by Crippen LogP contribution is -2.44. The van der Waals surface area contributed by atoms with Gasteiger partial charge in [-0.2, -0.15) is 5.10 Å². The largest absolute Gasteiger partial charge is 0.396 e. The van der Waals surface area contributed by atoms with E-state index in [1.807, 2.05) is 11.0 Å². The normalized spacial score (nSPS) is 20.5. The van der Waals surface area contributed by atoms with Crippen LogP contribution in [-0.2, 0) is 11.2 Å². The van der Waals surface area contributed by atoms with E-state index in [-0.39, 0.29) is 18.6 Å². The first-order valence-electron chi connectivity index (χ1n) is 6.20. The number of piperidine rings is 1. The molecule has 0 spiro atoms. The topological polar surface area (TPSA) is 69.2 Å². The summed E-state index contributed by atoms with van der Waals surface area (Å²) in [5.74, 6) is 0.132. The van der Waals surface area contributed by atoms with E-state index in [1.54, 1.807) is 6.20 Å². The predicted octanol–water partition coefficient (Wildman–Crippen LogP) is 0.716. The highest BCUT2D eigenvalue weighted by atomic mass is 16.3. The molecule has 1 amide bonds. The standard InChI is InChI=1S/C12H19N3O2/c16-8-5-11-3-1-2-7-15(11)12(17)9-10-4-6-13-14-10/h4,6,11,16H,1-3,5,7-9H2,(H,13,14). The minimum Gasteiger partial charge on any atom is -0.396 e. The van der Waals surface area contributed by atoms with Gasteiger partial charge >= 0.3 is 0 Å². The number of aliphatic hydroxyl groups excluding tert-OH is 1. The van der Waals surface area contributed by atoms with Crippen molar-refractivity contribution < 1.29 is 9.90 Å². The molecule has 1 aliphatic rings. The molecule has 0 aromatic carbocycles. The minimum atomic E-state index is 0.132. The van der Waals surface area contributed by atoms with Gasteiger partial charge in [0.2, 0.25) is 5.91 Å². The highest BCUT2D eigenvalue weighted by molar-refractivity contribution is 5.78. The van der Waals surface area contributed by atoms with Crippen molar-refractivity contribution in [2.75, 3.05) is 13.2 Å². The lowest BCUT2D eigenvalue weighted by Gasteiger charge is -2.35. The van der Waals surface area contributed by atoms with Crippen LogP contribution >= 0.6 is 0 Å². The van der Waals surface area contributed by atoms with Crippen LogP contribution < -0.4 is 0 Å². The molecule has 1 unspecified atom stereocenters. The number of H-pyrrole nitrogens is 1. The Bertz CT molecular complexity index is 349. The molecule has 2 N–H and O–H groups in total. The average Bonchev–Trinajstić information content (AvgIpc) is 2.83. The molecule has 2 rings (SSSR count). The van der Waals surface area contributed by atoms with Gasteiger partial charge < -0.3 is 10.0 Å².